The van der Waals surface area contributed by atoms with Gasteiger partial charge in [0.1, 0.15) is 0 Å². The number of hydrogen-bond donors (Lipinski definition) is 0. The van der Waals surface area contributed by atoms with Gasteiger partial charge in [-0.3, -0.25) is 9.69 Å². The molecule has 1 saturated carbocycles. The van der Waals surface area contributed by atoms with Crippen LogP contribution in [0.15, 0.2) is 30.3 Å². The van der Waals surface area contributed by atoms with Crippen molar-refractivity contribution in [3.8, 4) is 0 Å². The highest BCUT2D eigenvalue weighted by Crippen LogP contribution is 2.27. The van der Waals surface area contributed by atoms with Crippen molar-refractivity contribution in [2.24, 2.45) is 5.92 Å². The van der Waals surface area contributed by atoms with Crippen LogP contribution in [0, 0.1) is 5.92 Å². The van der Waals surface area contributed by atoms with Gasteiger partial charge in [0.2, 0.25) is 0 Å². The standard InChI is InChI=1S/C19H29NO/c1-15(2)13-14-20(18-11-7-8-12-18)16(3)19(21)17-9-5-4-6-10-17/h4-6,9-10,15-16,18H,7-8,11-14H2,1-3H3. The molecule has 1 aromatic carbocycles. The first kappa shape index (κ1) is 16.2. The number of hydrogen-bond acceptors (Lipinski definition) is 2. The van der Waals surface area contributed by atoms with Crippen molar-refractivity contribution in [3.63, 3.8) is 0 Å². The van der Waals surface area contributed by atoms with E-state index >= 15 is 0 Å². The van der Waals surface area contributed by atoms with Gasteiger partial charge in [-0.15, -0.1) is 0 Å². The quantitative estimate of drug-likeness (QED) is 0.686. The van der Waals surface area contributed by atoms with Crippen LogP contribution < -0.4 is 0 Å². The molecule has 0 saturated heterocycles. The molecular weight excluding hydrogens is 258 g/mol. The highest BCUT2D eigenvalue weighted by atomic mass is 16.1. The highest BCUT2D eigenvalue weighted by Gasteiger charge is 2.30. The van der Waals surface area contributed by atoms with Gasteiger partial charge in [-0.05, 0) is 38.6 Å². The van der Waals surface area contributed by atoms with Crippen LogP contribution in [0.3, 0.4) is 0 Å². The smallest absolute Gasteiger partial charge is 0.179 e. The molecule has 1 unspecified atom stereocenters. The Labute approximate surface area is 129 Å². The molecule has 1 aliphatic rings. The largest absolute Gasteiger partial charge is 0.292 e. The molecule has 0 bridgehead atoms. The fraction of sp³-hybridized carbons (Fsp3) is 0.632. The van der Waals surface area contributed by atoms with Crippen LogP contribution in [0.1, 0.15) is 63.2 Å². The van der Waals surface area contributed by atoms with E-state index in [9.17, 15) is 4.79 Å². The molecule has 1 atom stereocenters. The molecule has 1 aromatic rings. The second-order valence-corrected chi connectivity index (χ2v) is 6.76. The molecule has 0 spiro atoms. The maximum Gasteiger partial charge on any atom is 0.179 e. The number of ketones is 1. The van der Waals surface area contributed by atoms with Gasteiger partial charge in [0.05, 0.1) is 6.04 Å². The van der Waals surface area contributed by atoms with Crippen molar-refractivity contribution in [3.05, 3.63) is 35.9 Å². The summed E-state index contributed by atoms with van der Waals surface area (Å²) in [4.78, 5) is 15.2. The molecule has 1 aliphatic carbocycles. The van der Waals surface area contributed by atoms with E-state index < -0.39 is 0 Å². The summed E-state index contributed by atoms with van der Waals surface area (Å²) in [5.41, 5.74) is 0.845. The maximum atomic E-state index is 12.7. The van der Waals surface area contributed by atoms with Gasteiger partial charge in [-0.2, -0.15) is 0 Å². The molecule has 0 amide bonds. The van der Waals surface area contributed by atoms with Gasteiger partial charge in [0.15, 0.2) is 5.78 Å². The molecular formula is C19H29NO. The molecule has 2 rings (SSSR count). The Hall–Kier alpha value is -1.15. The number of Topliss-reactive ketones (excluding diaryl/α,β-unsaturated/α-hetero) is 1. The predicted molar refractivity (Wildman–Crippen MR) is 88.7 cm³/mol. The Bertz CT molecular complexity index is 434. The third kappa shape index (κ3) is 4.41. The topological polar surface area (TPSA) is 20.3 Å². The van der Waals surface area contributed by atoms with Crippen LogP contribution in [0.5, 0.6) is 0 Å². The summed E-state index contributed by atoms with van der Waals surface area (Å²) in [6, 6.07) is 10.3. The van der Waals surface area contributed by atoms with Gasteiger partial charge in [-0.25, -0.2) is 0 Å². The van der Waals surface area contributed by atoms with Crippen LogP contribution in [0.2, 0.25) is 0 Å². The van der Waals surface area contributed by atoms with E-state index in [1.54, 1.807) is 0 Å². The molecule has 0 aromatic heterocycles. The first-order valence-corrected chi connectivity index (χ1v) is 8.44. The van der Waals surface area contributed by atoms with Gasteiger partial charge in [0, 0.05) is 11.6 Å². The van der Waals surface area contributed by atoms with Crippen LogP contribution in [0.25, 0.3) is 0 Å². The van der Waals surface area contributed by atoms with Crippen molar-refractivity contribution < 1.29 is 4.79 Å². The highest BCUT2D eigenvalue weighted by molar-refractivity contribution is 5.99. The summed E-state index contributed by atoms with van der Waals surface area (Å²) in [5.74, 6) is 0.958. The van der Waals surface area contributed by atoms with Crippen molar-refractivity contribution in [1.29, 1.82) is 0 Å². The van der Waals surface area contributed by atoms with Crippen molar-refractivity contribution in [1.82, 2.24) is 4.90 Å². The summed E-state index contributed by atoms with van der Waals surface area (Å²) in [7, 11) is 0. The number of carbonyl (C=O) groups excluding carboxylic acids is 1. The molecule has 0 aliphatic heterocycles. The SMILES string of the molecule is CC(C)CCN(C1CCCC1)C(C)C(=O)c1ccccc1. The van der Waals surface area contributed by atoms with Crippen LogP contribution in [-0.2, 0) is 0 Å². The molecule has 0 radical (unpaired) electrons. The van der Waals surface area contributed by atoms with Crippen LogP contribution in [0.4, 0.5) is 0 Å². The van der Waals surface area contributed by atoms with Crippen molar-refractivity contribution in [2.45, 2.75) is 65.0 Å². The fourth-order valence-electron chi connectivity index (χ4n) is 3.33. The van der Waals surface area contributed by atoms with Crippen molar-refractivity contribution in [2.75, 3.05) is 6.54 Å². The van der Waals surface area contributed by atoms with Gasteiger partial charge < -0.3 is 0 Å². The van der Waals surface area contributed by atoms with E-state index in [-0.39, 0.29) is 11.8 Å². The normalized spacial score (nSPS) is 17.6. The minimum atomic E-state index is -0.00532. The lowest BCUT2D eigenvalue weighted by molar-refractivity contribution is 0.0749. The average Bonchev–Trinajstić information content (AvgIpc) is 3.01. The van der Waals surface area contributed by atoms with Gasteiger partial charge >= 0.3 is 0 Å². The third-order valence-electron chi connectivity index (χ3n) is 4.69. The summed E-state index contributed by atoms with van der Waals surface area (Å²) >= 11 is 0. The summed E-state index contributed by atoms with van der Waals surface area (Å²) < 4.78 is 0. The predicted octanol–water partition coefficient (Wildman–Crippen LogP) is 4.55. The van der Waals surface area contributed by atoms with Gasteiger partial charge in [0.25, 0.3) is 0 Å². The molecule has 2 heteroatoms. The monoisotopic (exact) mass is 287 g/mol. The minimum absolute atomic E-state index is 0.00532. The maximum absolute atomic E-state index is 12.7. The van der Waals surface area contributed by atoms with E-state index in [0.29, 0.717) is 12.0 Å². The second-order valence-electron chi connectivity index (χ2n) is 6.76. The van der Waals surface area contributed by atoms with E-state index in [1.165, 1.54) is 32.1 Å². The Morgan fingerprint density at radius 3 is 2.33 bits per heavy atom. The van der Waals surface area contributed by atoms with Crippen molar-refractivity contribution >= 4 is 5.78 Å². The van der Waals surface area contributed by atoms with E-state index in [1.807, 2.05) is 30.3 Å². The summed E-state index contributed by atoms with van der Waals surface area (Å²) in [5, 5.41) is 0. The summed E-state index contributed by atoms with van der Waals surface area (Å²) in [6.45, 7) is 7.66. The molecule has 2 nitrogen and oxygen atoms in total. The number of benzene rings is 1. The van der Waals surface area contributed by atoms with E-state index in [2.05, 4.69) is 25.7 Å². The molecule has 116 valence electrons. The zero-order valence-electron chi connectivity index (χ0n) is 13.7. The van der Waals surface area contributed by atoms with Gasteiger partial charge in [-0.1, -0.05) is 57.0 Å². The first-order chi connectivity index (χ1) is 10.1. The Balaban J connectivity index is 2.09. The van der Waals surface area contributed by atoms with E-state index in [4.69, 9.17) is 0 Å². The lowest BCUT2D eigenvalue weighted by atomic mass is 10.0. The lowest BCUT2D eigenvalue weighted by Crippen LogP contribution is -2.45. The minimum Gasteiger partial charge on any atom is -0.292 e. The zero-order chi connectivity index (χ0) is 15.2. The second kappa shape index (κ2) is 7.74. The first-order valence-electron chi connectivity index (χ1n) is 8.44. The molecule has 0 heterocycles. The Morgan fingerprint density at radius 2 is 1.76 bits per heavy atom. The molecule has 0 N–H and O–H groups in total. The summed E-state index contributed by atoms with van der Waals surface area (Å²) in [6.07, 6.45) is 6.31. The fourth-order valence-corrected chi connectivity index (χ4v) is 3.33. The van der Waals surface area contributed by atoms with Crippen LogP contribution in [-0.4, -0.2) is 29.3 Å². The molecule has 21 heavy (non-hydrogen) atoms. The number of nitrogens with zero attached hydrogens (tertiary/aromatic N) is 1. The number of carbonyl (C=O) groups is 1. The van der Waals surface area contributed by atoms with Crippen LogP contribution >= 0.6 is 0 Å². The Morgan fingerprint density at radius 1 is 1.14 bits per heavy atom. The number of rotatable bonds is 7. The average molecular weight is 287 g/mol. The zero-order valence-corrected chi connectivity index (χ0v) is 13.7. The third-order valence-corrected chi connectivity index (χ3v) is 4.69. The van der Waals surface area contributed by atoms with E-state index in [0.717, 1.165) is 12.1 Å². The lowest BCUT2D eigenvalue weighted by Gasteiger charge is -2.34. The molecule has 1 fully saturated rings. The Kier molecular flexibility index (Phi) is 5.98.